The van der Waals surface area contributed by atoms with Crippen molar-refractivity contribution in [2.45, 2.75) is 6.92 Å². The molecule has 6 heteroatoms. The number of anilines is 1. The van der Waals surface area contributed by atoms with E-state index < -0.39 is 0 Å². The number of amides is 1. The van der Waals surface area contributed by atoms with Gasteiger partial charge in [-0.3, -0.25) is 9.78 Å². The van der Waals surface area contributed by atoms with E-state index in [1.54, 1.807) is 12.3 Å². The van der Waals surface area contributed by atoms with Crippen LogP contribution in [0.4, 0.5) is 5.95 Å². The number of fused-ring (bicyclic) bond motifs is 1. The number of hydrogen-bond donors (Lipinski definition) is 0. The quantitative estimate of drug-likeness (QED) is 0.720. The maximum atomic E-state index is 12.5. The van der Waals surface area contributed by atoms with Gasteiger partial charge in [-0.15, -0.1) is 0 Å². The molecule has 3 aromatic rings. The molecule has 1 fully saturated rings. The van der Waals surface area contributed by atoms with Crippen molar-refractivity contribution in [2.24, 2.45) is 0 Å². The highest BCUT2D eigenvalue weighted by atomic mass is 16.2. The SMILES string of the molecule is Cc1nc(N2CCN(C(=O)c3ccccn3)CC2)nc2ccccc12. The summed E-state index contributed by atoms with van der Waals surface area (Å²) in [6.45, 7) is 4.73. The number of aryl methyl sites for hydroxylation is 1. The molecule has 0 N–H and O–H groups in total. The van der Waals surface area contributed by atoms with Gasteiger partial charge in [-0.2, -0.15) is 0 Å². The highest BCUT2D eigenvalue weighted by molar-refractivity contribution is 5.92. The van der Waals surface area contributed by atoms with Crippen LogP contribution in [0.2, 0.25) is 0 Å². The lowest BCUT2D eigenvalue weighted by molar-refractivity contribution is 0.0740. The second kappa shape index (κ2) is 6.47. The number of carbonyl (C=O) groups excluding carboxylic acids is 1. The van der Waals surface area contributed by atoms with E-state index in [-0.39, 0.29) is 5.91 Å². The Morgan fingerprint density at radius 3 is 2.48 bits per heavy atom. The minimum atomic E-state index is -0.0177. The second-order valence-electron chi connectivity index (χ2n) is 6.12. The highest BCUT2D eigenvalue weighted by Crippen LogP contribution is 2.20. The summed E-state index contributed by atoms with van der Waals surface area (Å²) in [5.41, 5.74) is 2.43. The van der Waals surface area contributed by atoms with Crippen molar-refractivity contribution < 1.29 is 4.79 Å². The smallest absolute Gasteiger partial charge is 0.272 e. The van der Waals surface area contributed by atoms with Gasteiger partial charge in [-0.05, 0) is 25.1 Å². The summed E-state index contributed by atoms with van der Waals surface area (Å²) in [4.78, 5) is 30.0. The van der Waals surface area contributed by atoms with E-state index in [0.29, 0.717) is 18.8 Å². The number of rotatable bonds is 2. The van der Waals surface area contributed by atoms with Gasteiger partial charge in [0.15, 0.2) is 0 Å². The first kappa shape index (κ1) is 15.5. The Balaban J connectivity index is 1.50. The minimum absolute atomic E-state index is 0.0177. The topological polar surface area (TPSA) is 62.2 Å². The van der Waals surface area contributed by atoms with Gasteiger partial charge in [0.1, 0.15) is 5.69 Å². The molecule has 1 amide bonds. The van der Waals surface area contributed by atoms with Crippen molar-refractivity contribution in [3.8, 4) is 0 Å². The number of nitrogens with zero attached hydrogens (tertiary/aromatic N) is 5. The molecule has 0 saturated carbocycles. The molecular formula is C19H19N5O. The Labute approximate surface area is 146 Å². The van der Waals surface area contributed by atoms with Crippen LogP contribution in [0.1, 0.15) is 16.2 Å². The molecule has 1 aromatic carbocycles. The molecule has 0 bridgehead atoms. The zero-order chi connectivity index (χ0) is 17.2. The van der Waals surface area contributed by atoms with Gasteiger partial charge in [0.25, 0.3) is 5.91 Å². The largest absolute Gasteiger partial charge is 0.337 e. The summed E-state index contributed by atoms with van der Waals surface area (Å²) in [6.07, 6.45) is 1.65. The number of benzene rings is 1. The Morgan fingerprint density at radius 2 is 1.72 bits per heavy atom. The Kier molecular flexibility index (Phi) is 4.01. The average Bonchev–Trinajstić information content (AvgIpc) is 2.68. The molecule has 6 nitrogen and oxygen atoms in total. The fourth-order valence-electron chi connectivity index (χ4n) is 3.12. The number of aromatic nitrogens is 3. The van der Waals surface area contributed by atoms with Gasteiger partial charge in [0.05, 0.1) is 11.2 Å². The Bertz CT molecular complexity index is 904. The standard InChI is InChI=1S/C19H19N5O/c1-14-15-6-2-3-7-16(15)22-19(21-14)24-12-10-23(11-13-24)18(25)17-8-4-5-9-20-17/h2-9H,10-13H2,1H3. The number of para-hydroxylation sites is 1. The molecule has 4 rings (SSSR count). The fourth-order valence-corrected chi connectivity index (χ4v) is 3.12. The summed E-state index contributed by atoms with van der Waals surface area (Å²) < 4.78 is 0. The van der Waals surface area contributed by atoms with E-state index >= 15 is 0 Å². The summed E-state index contributed by atoms with van der Waals surface area (Å²) in [6, 6.07) is 13.4. The zero-order valence-electron chi connectivity index (χ0n) is 14.1. The number of piperazine rings is 1. The molecular weight excluding hydrogens is 314 g/mol. The van der Waals surface area contributed by atoms with Gasteiger partial charge in [-0.25, -0.2) is 9.97 Å². The van der Waals surface area contributed by atoms with Crippen molar-refractivity contribution in [2.75, 3.05) is 31.1 Å². The molecule has 1 saturated heterocycles. The summed E-state index contributed by atoms with van der Waals surface area (Å²) in [5, 5.41) is 1.08. The highest BCUT2D eigenvalue weighted by Gasteiger charge is 2.24. The number of carbonyl (C=O) groups is 1. The maximum Gasteiger partial charge on any atom is 0.272 e. The van der Waals surface area contributed by atoms with Gasteiger partial charge >= 0.3 is 0 Å². The van der Waals surface area contributed by atoms with Crippen LogP contribution in [0.3, 0.4) is 0 Å². The Morgan fingerprint density at radius 1 is 0.960 bits per heavy atom. The molecule has 25 heavy (non-hydrogen) atoms. The summed E-state index contributed by atoms with van der Waals surface area (Å²) >= 11 is 0. The van der Waals surface area contributed by atoms with E-state index in [9.17, 15) is 4.79 Å². The molecule has 0 unspecified atom stereocenters. The average molecular weight is 333 g/mol. The van der Waals surface area contributed by atoms with Crippen molar-refractivity contribution in [3.63, 3.8) is 0 Å². The molecule has 0 radical (unpaired) electrons. The number of hydrogen-bond acceptors (Lipinski definition) is 5. The van der Waals surface area contributed by atoms with Crippen LogP contribution in [0, 0.1) is 6.92 Å². The molecule has 1 aliphatic heterocycles. The van der Waals surface area contributed by atoms with Gasteiger partial charge < -0.3 is 9.80 Å². The van der Waals surface area contributed by atoms with Gasteiger partial charge in [0, 0.05) is 37.8 Å². The lowest BCUT2D eigenvalue weighted by Gasteiger charge is -2.34. The molecule has 126 valence electrons. The third-order valence-electron chi connectivity index (χ3n) is 4.52. The van der Waals surface area contributed by atoms with Gasteiger partial charge in [-0.1, -0.05) is 24.3 Å². The van der Waals surface area contributed by atoms with E-state index in [1.807, 2.05) is 48.2 Å². The zero-order valence-corrected chi connectivity index (χ0v) is 14.1. The van der Waals surface area contributed by atoms with Crippen molar-refractivity contribution in [1.29, 1.82) is 0 Å². The Hall–Kier alpha value is -3.02. The number of pyridine rings is 1. The van der Waals surface area contributed by atoms with Crippen LogP contribution >= 0.6 is 0 Å². The van der Waals surface area contributed by atoms with Crippen molar-refractivity contribution in [3.05, 3.63) is 60.0 Å². The predicted molar refractivity (Wildman–Crippen MR) is 96.6 cm³/mol. The molecule has 2 aromatic heterocycles. The van der Waals surface area contributed by atoms with Crippen LogP contribution in [-0.2, 0) is 0 Å². The van der Waals surface area contributed by atoms with E-state index in [2.05, 4.69) is 19.9 Å². The maximum absolute atomic E-state index is 12.5. The van der Waals surface area contributed by atoms with Crippen LogP contribution in [0.5, 0.6) is 0 Å². The minimum Gasteiger partial charge on any atom is -0.337 e. The normalized spacial score (nSPS) is 14.8. The monoisotopic (exact) mass is 333 g/mol. The first-order valence-electron chi connectivity index (χ1n) is 8.41. The first-order chi connectivity index (χ1) is 12.2. The van der Waals surface area contributed by atoms with Crippen molar-refractivity contribution in [1.82, 2.24) is 19.9 Å². The van der Waals surface area contributed by atoms with Crippen LogP contribution in [0.25, 0.3) is 10.9 Å². The molecule has 0 spiro atoms. The van der Waals surface area contributed by atoms with Crippen LogP contribution in [0.15, 0.2) is 48.7 Å². The van der Waals surface area contributed by atoms with Crippen LogP contribution < -0.4 is 4.90 Å². The van der Waals surface area contributed by atoms with E-state index in [4.69, 9.17) is 0 Å². The fraction of sp³-hybridized carbons (Fsp3) is 0.263. The molecule has 0 atom stereocenters. The molecule has 1 aliphatic rings. The summed E-state index contributed by atoms with van der Waals surface area (Å²) in [5.74, 6) is 0.719. The van der Waals surface area contributed by atoms with Crippen molar-refractivity contribution >= 4 is 22.8 Å². The summed E-state index contributed by atoms with van der Waals surface area (Å²) in [7, 11) is 0. The lowest BCUT2D eigenvalue weighted by atomic mass is 10.2. The van der Waals surface area contributed by atoms with E-state index in [0.717, 1.165) is 35.6 Å². The van der Waals surface area contributed by atoms with E-state index in [1.165, 1.54) is 0 Å². The first-order valence-corrected chi connectivity index (χ1v) is 8.41. The lowest BCUT2D eigenvalue weighted by Crippen LogP contribution is -2.49. The molecule has 3 heterocycles. The molecule has 0 aliphatic carbocycles. The predicted octanol–water partition coefficient (Wildman–Crippen LogP) is 2.30. The van der Waals surface area contributed by atoms with Crippen LogP contribution in [-0.4, -0.2) is 51.9 Å². The second-order valence-corrected chi connectivity index (χ2v) is 6.12. The van der Waals surface area contributed by atoms with Gasteiger partial charge in [0.2, 0.25) is 5.95 Å². The third kappa shape index (κ3) is 3.03. The third-order valence-corrected chi connectivity index (χ3v) is 4.52.